The van der Waals surface area contributed by atoms with Gasteiger partial charge >= 0.3 is 5.97 Å². The SMILES string of the molecule is CCCCCC/C=C\CCCCCCCC(=O)OCCCCCCCCCCCCCC/C=C\CCCCCCCCCCCCCCCCCCCC(=O)NC(COC1OC(CO)C(O)C(O)C1O)C(O)/C=C/CCCCCCCCCC. The molecule has 0 aromatic rings. The third-order valence-corrected chi connectivity index (χ3v) is 17.2. The minimum Gasteiger partial charge on any atom is -0.466 e. The zero-order chi connectivity index (χ0) is 60.9. The molecule has 1 aliphatic heterocycles. The third-order valence-electron chi connectivity index (χ3n) is 17.2. The quantitative estimate of drug-likeness (QED) is 0.0195. The maximum atomic E-state index is 13.0. The first-order valence-corrected chi connectivity index (χ1v) is 36.3. The van der Waals surface area contributed by atoms with Gasteiger partial charge in [-0.2, -0.15) is 0 Å². The number of carbonyl (C=O) groups is 2. The van der Waals surface area contributed by atoms with E-state index in [1.54, 1.807) is 6.08 Å². The molecule has 0 saturated carbocycles. The van der Waals surface area contributed by atoms with Crippen LogP contribution in [0.1, 0.15) is 354 Å². The summed E-state index contributed by atoms with van der Waals surface area (Å²) in [5, 5.41) is 54.4. The largest absolute Gasteiger partial charge is 0.466 e. The van der Waals surface area contributed by atoms with Gasteiger partial charge in [-0.1, -0.05) is 294 Å². The summed E-state index contributed by atoms with van der Waals surface area (Å²) < 4.78 is 16.7. The normalized spacial score (nSPS) is 18.2. The molecule has 0 aromatic heterocycles. The van der Waals surface area contributed by atoms with E-state index in [-0.39, 0.29) is 18.5 Å². The van der Waals surface area contributed by atoms with E-state index < -0.39 is 49.5 Å². The molecule has 0 bridgehead atoms. The first kappa shape index (κ1) is 79.9. The van der Waals surface area contributed by atoms with Crippen LogP contribution in [0.2, 0.25) is 0 Å². The van der Waals surface area contributed by atoms with E-state index in [1.807, 2.05) is 6.08 Å². The summed E-state index contributed by atoms with van der Waals surface area (Å²) in [7, 11) is 0. The summed E-state index contributed by atoms with van der Waals surface area (Å²) in [6.07, 6.45) is 70.1. The number of esters is 1. The highest BCUT2D eigenvalue weighted by molar-refractivity contribution is 5.76. The molecule has 1 heterocycles. The van der Waals surface area contributed by atoms with Crippen molar-refractivity contribution in [2.45, 2.75) is 397 Å². The van der Waals surface area contributed by atoms with Crippen molar-refractivity contribution in [3.8, 4) is 0 Å². The van der Waals surface area contributed by atoms with E-state index in [0.29, 0.717) is 19.4 Å². The number of carbonyl (C=O) groups excluding carboxylic acids is 2. The first-order chi connectivity index (χ1) is 41.2. The number of aliphatic hydroxyl groups excluding tert-OH is 5. The Bertz CT molecular complexity index is 1490. The van der Waals surface area contributed by atoms with Gasteiger partial charge < -0.3 is 45.1 Å². The average Bonchev–Trinajstić information content (AvgIpc) is 3.42. The lowest BCUT2D eigenvalue weighted by Crippen LogP contribution is -2.60. The Morgan fingerprint density at radius 1 is 0.429 bits per heavy atom. The van der Waals surface area contributed by atoms with Gasteiger partial charge in [0.1, 0.15) is 24.4 Å². The third kappa shape index (κ3) is 50.8. The second-order valence-electron chi connectivity index (χ2n) is 25.3. The first-order valence-electron chi connectivity index (χ1n) is 36.3. The molecule has 0 spiro atoms. The summed E-state index contributed by atoms with van der Waals surface area (Å²) in [5.41, 5.74) is 0. The molecule has 6 N–H and O–H groups in total. The van der Waals surface area contributed by atoms with Gasteiger partial charge in [0.05, 0.1) is 32.0 Å². The standard InChI is InChI=1S/C73H137NO10/c1-3-5-7-9-11-13-15-37-41-45-49-53-57-61-69(78)82-62-58-54-50-46-42-39-36-34-32-30-28-26-24-22-20-18-16-17-19-21-23-25-27-29-31-33-35-38-40-44-48-52-56-60-68(77)74-65(64-83-73-72(81)71(80)70(79)67(63-75)84-73)66(76)59-55-51-47-43-14-12-10-8-6-4-2/h13,15,20,22,55,59,65-67,70-73,75-76,79-81H,3-12,14,16-19,21,23-54,56-58,60-64H2,1-2H3,(H,74,77)/b15-13-,22-20-,59-55+. The monoisotopic (exact) mass is 1190 g/mol. The molecule has 1 saturated heterocycles. The fourth-order valence-corrected chi connectivity index (χ4v) is 11.5. The highest BCUT2D eigenvalue weighted by atomic mass is 16.7. The maximum absolute atomic E-state index is 13.0. The lowest BCUT2D eigenvalue weighted by Gasteiger charge is -2.40. The molecule has 0 radical (unpaired) electrons. The molecule has 1 fully saturated rings. The van der Waals surface area contributed by atoms with E-state index in [2.05, 4.69) is 43.5 Å². The van der Waals surface area contributed by atoms with Crippen LogP contribution in [0.5, 0.6) is 0 Å². The van der Waals surface area contributed by atoms with E-state index in [4.69, 9.17) is 14.2 Å². The van der Waals surface area contributed by atoms with Gasteiger partial charge in [0, 0.05) is 12.8 Å². The van der Waals surface area contributed by atoms with Gasteiger partial charge in [-0.3, -0.25) is 9.59 Å². The predicted molar refractivity (Wildman–Crippen MR) is 352 cm³/mol. The van der Waals surface area contributed by atoms with Crippen molar-refractivity contribution < 1.29 is 49.3 Å². The zero-order valence-corrected chi connectivity index (χ0v) is 54.9. The molecule has 0 aliphatic carbocycles. The Kier molecular flexibility index (Phi) is 59.4. The average molecular weight is 1190 g/mol. The number of aliphatic hydroxyl groups is 5. The molecule has 0 aromatic carbocycles. The second-order valence-corrected chi connectivity index (χ2v) is 25.3. The van der Waals surface area contributed by atoms with Gasteiger partial charge in [0.15, 0.2) is 6.29 Å². The molecule has 1 amide bonds. The van der Waals surface area contributed by atoms with Gasteiger partial charge in [0.25, 0.3) is 0 Å². The second kappa shape index (κ2) is 62.5. The Hall–Kier alpha value is -2.12. The van der Waals surface area contributed by atoms with Gasteiger partial charge in [-0.05, 0) is 83.5 Å². The number of allylic oxidation sites excluding steroid dienone is 5. The van der Waals surface area contributed by atoms with Gasteiger partial charge in [-0.25, -0.2) is 0 Å². The Balaban J connectivity index is 1.91. The molecule has 7 atom stereocenters. The lowest BCUT2D eigenvalue weighted by atomic mass is 9.99. The van der Waals surface area contributed by atoms with Crippen molar-refractivity contribution in [1.82, 2.24) is 5.32 Å². The number of ether oxygens (including phenoxy) is 3. The summed E-state index contributed by atoms with van der Waals surface area (Å²) in [5.74, 6) is -0.176. The van der Waals surface area contributed by atoms with Crippen molar-refractivity contribution in [2.75, 3.05) is 19.8 Å². The fourth-order valence-electron chi connectivity index (χ4n) is 11.5. The highest BCUT2D eigenvalue weighted by Crippen LogP contribution is 2.23. The Morgan fingerprint density at radius 2 is 0.762 bits per heavy atom. The highest BCUT2D eigenvalue weighted by Gasteiger charge is 2.44. The van der Waals surface area contributed by atoms with E-state index in [1.165, 1.54) is 270 Å². The zero-order valence-electron chi connectivity index (χ0n) is 54.9. The minimum atomic E-state index is -1.57. The summed E-state index contributed by atoms with van der Waals surface area (Å²) in [4.78, 5) is 25.1. The number of hydrogen-bond acceptors (Lipinski definition) is 10. The molecular formula is C73H137NO10. The van der Waals surface area contributed by atoms with Crippen molar-refractivity contribution in [2.24, 2.45) is 0 Å². The maximum Gasteiger partial charge on any atom is 0.305 e. The van der Waals surface area contributed by atoms with Crippen LogP contribution in [-0.4, -0.2) is 100 Å². The number of amides is 1. The van der Waals surface area contributed by atoms with Crippen LogP contribution in [0, 0.1) is 0 Å². The summed E-state index contributed by atoms with van der Waals surface area (Å²) in [6.45, 7) is 4.34. The molecule has 7 unspecified atom stereocenters. The number of rotatable bonds is 64. The van der Waals surface area contributed by atoms with Gasteiger partial charge in [0.2, 0.25) is 5.91 Å². The van der Waals surface area contributed by atoms with Crippen LogP contribution in [0.4, 0.5) is 0 Å². The molecular weight excluding hydrogens is 1050 g/mol. The molecule has 1 aliphatic rings. The minimum absolute atomic E-state index is 0.00235. The Labute approximate surface area is 517 Å². The van der Waals surface area contributed by atoms with Gasteiger partial charge in [-0.15, -0.1) is 0 Å². The molecule has 84 heavy (non-hydrogen) atoms. The van der Waals surface area contributed by atoms with Crippen LogP contribution in [0.15, 0.2) is 36.5 Å². The van der Waals surface area contributed by atoms with E-state index in [9.17, 15) is 35.1 Å². The van der Waals surface area contributed by atoms with Crippen molar-refractivity contribution in [3.63, 3.8) is 0 Å². The van der Waals surface area contributed by atoms with E-state index in [0.717, 1.165) is 57.8 Å². The summed E-state index contributed by atoms with van der Waals surface area (Å²) in [6, 6.07) is -0.806. The van der Waals surface area contributed by atoms with E-state index >= 15 is 0 Å². The number of unbranched alkanes of at least 4 members (excludes halogenated alkanes) is 46. The smallest absolute Gasteiger partial charge is 0.305 e. The molecule has 494 valence electrons. The summed E-state index contributed by atoms with van der Waals surface area (Å²) >= 11 is 0. The molecule has 11 heteroatoms. The van der Waals surface area contributed by atoms with Crippen LogP contribution >= 0.6 is 0 Å². The van der Waals surface area contributed by atoms with Crippen LogP contribution in [-0.2, 0) is 23.8 Å². The van der Waals surface area contributed by atoms with Crippen molar-refractivity contribution in [1.29, 1.82) is 0 Å². The number of hydrogen-bond donors (Lipinski definition) is 6. The predicted octanol–water partition coefficient (Wildman–Crippen LogP) is 18.6. The molecule has 1 rings (SSSR count). The number of nitrogens with one attached hydrogen (secondary N) is 1. The molecule has 11 nitrogen and oxygen atoms in total. The lowest BCUT2D eigenvalue weighted by molar-refractivity contribution is -0.302. The van der Waals surface area contributed by atoms with Crippen LogP contribution < -0.4 is 5.32 Å². The van der Waals surface area contributed by atoms with Crippen molar-refractivity contribution in [3.05, 3.63) is 36.5 Å². The van der Waals surface area contributed by atoms with Crippen molar-refractivity contribution >= 4 is 11.9 Å². The van der Waals surface area contributed by atoms with Crippen LogP contribution in [0.3, 0.4) is 0 Å². The topological polar surface area (TPSA) is 175 Å². The van der Waals surface area contributed by atoms with Crippen LogP contribution in [0.25, 0.3) is 0 Å². The fraction of sp³-hybridized carbons (Fsp3) is 0.890. The Morgan fingerprint density at radius 3 is 1.15 bits per heavy atom.